The fourth-order valence-electron chi connectivity index (χ4n) is 2.62. The van der Waals surface area contributed by atoms with Crippen LogP contribution >= 0.6 is 0 Å². The number of hydrogen-bond acceptors (Lipinski definition) is 5. The van der Waals surface area contributed by atoms with E-state index in [-0.39, 0.29) is 12.6 Å². The van der Waals surface area contributed by atoms with Gasteiger partial charge >= 0.3 is 11.6 Å². The summed E-state index contributed by atoms with van der Waals surface area (Å²) in [6.07, 6.45) is 1.95. The molecule has 0 aliphatic carbocycles. The van der Waals surface area contributed by atoms with E-state index in [1.165, 1.54) is 6.07 Å². The zero-order valence-electron chi connectivity index (χ0n) is 12.5. The average molecular weight is 302 g/mol. The van der Waals surface area contributed by atoms with E-state index in [0.717, 1.165) is 23.8 Å². The molecule has 0 spiro atoms. The van der Waals surface area contributed by atoms with Crippen molar-refractivity contribution in [1.29, 1.82) is 0 Å². The van der Waals surface area contributed by atoms with Crippen molar-refractivity contribution in [1.82, 2.24) is 0 Å². The molecule has 1 atom stereocenters. The zero-order valence-corrected chi connectivity index (χ0v) is 12.5. The SMILES string of the molecule is CCc1ccc2c(COC(=O)[C@H]3CCCO3)cc(=O)oc2c1. The number of esters is 1. The Morgan fingerprint density at radius 2 is 2.23 bits per heavy atom. The first kappa shape index (κ1) is 14.8. The highest BCUT2D eigenvalue weighted by atomic mass is 16.6. The van der Waals surface area contributed by atoms with Crippen molar-refractivity contribution >= 4 is 16.9 Å². The summed E-state index contributed by atoms with van der Waals surface area (Å²) < 4.78 is 15.8. The summed E-state index contributed by atoms with van der Waals surface area (Å²) in [5.41, 5.74) is 1.82. The number of carbonyl (C=O) groups excluding carboxylic acids is 1. The van der Waals surface area contributed by atoms with Crippen molar-refractivity contribution in [2.45, 2.75) is 38.9 Å². The van der Waals surface area contributed by atoms with Crippen LogP contribution in [0.2, 0.25) is 0 Å². The van der Waals surface area contributed by atoms with Crippen molar-refractivity contribution in [3.05, 3.63) is 45.8 Å². The Bertz CT molecular complexity index is 740. The van der Waals surface area contributed by atoms with Gasteiger partial charge in [0.25, 0.3) is 0 Å². The van der Waals surface area contributed by atoms with Gasteiger partial charge in [0.1, 0.15) is 12.2 Å². The molecule has 0 N–H and O–H groups in total. The molecule has 3 rings (SSSR count). The maximum absolute atomic E-state index is 11.9. The quantitative estimate of drug-likeness (QED) is 0.641. The lowest BCUT2D eigenvalue weighted by molar-refractivity contribution is -0.155. The monoisotopic (exact) mass is 302 g/mol. The second kappa shape index (κ2) is 6.32. The Balaban J connectivity index is 1.83. The minimum atomic E-state index is -0.474. The van der Waals surface area contributed by atoms with E-state index in [1.807, 2.05) is 25.1 Å². The van der Waals surface area contributed by atoms with Crippen molar-refractivity contribution in [3.63, 3.8) is 0 Å². The summed E-state index contributed by atoms with van der Waals surface area (Å²) in [7, 11) is 0. The molecule has 1 aliphatic heterocycles. The minimum absolute atomic E-state index is 0.0479. The maximum Gasteiger partial charge on any atom is 0.336 e. The summed E-state index contributed by atoms with van der Waals surface area (Å²) in [6, 6.07) is 7.10. The molecule has 22 heavy (non-hydrogen) atoms. The molecule has 0 saturated carbocycles. The third-order valence-electron chi connectivity index (χ3n) is 3.87. The minimum Gasteiger partial charge on any atom is -0.459 e. The van der Waals surface area contributed by atoms with E-state index in [2.05, 4.69) is 0 Å². The summed E-state index contributed by atoms with van der Waals surface area (Å²) in [5, 5.41) is 0.789. The summed E-state index contributed by atoms with van der Waals surface area (Å²) >= 11 is 0. The molecule has 0 radical (unpaired) electrons. The highest BCUT2D eigenvalue weighted by Crippen LogP contribution is 2.21. The van der Waals surface area contributed by atoms with Crippen molar-refractivity contribution in [2.24, 2.45) is 0 Å². The van der Waals surface area contributed by atoms with Gasteiger partial charge in [-0.15, -0.1) is 0 Å². The molecule has 5 nitrogen and oxygen atoms in total. The van der Waals surface area contributed by atoms with E-state index in [1.54, 1.807) is 0 Å². The normalized spacial score (nSPS) is 17.8. The summed E-state index contributed by atoms with van der Waals surface area (Å²) in [5.74, 6) is -0.371. The molecular weight excluding hydrogens is 284 g/mol. The Hall–Kier alpha value is -2.14. The average Bonchev–Trinajstić information content (AvgIpc) is 3.05. The number of benzene rings is 1. The predicted molar refractivity (Wildman–Crippen MR) is 80.6 cm³/mol. The molecule has 1 aliphatic rings. The Morgan fingerprint density at radius 1 is 1.36 bits per heavy atom. The lowest BCUT2D eigenvalue weighted by Crippen LogP contribution is -2.22. The molecule has 2 heterocycles. The number of aryl methyl sites for hydroxylation is 1. The smallest absolute Gasteiger partial charge is 0.336 e. The standard InChI is InChI=1S/C17H18O5/c1-2-11-5-6-13-12(9-16(18)22-15(13)8-11)10-21-17(19)14-4-3-7-20-14/h5-6,8-9,14H,2-4,7,10H2,1H3/t14-/m1/s1. The number of ether oxygens (including phenoxy) is 2. The Morgan fingerprint density at radius 3 is 2.95 bits per heavy atom. The number of carbonyl (C=O) groups is 1. The van der Waals surface area contributed by atoms with Crippen molar-refractivity contribution in [2.75, 3.05) is 6.61 Å². The molecule has 1 aromatic carbocycles. The van der Waals surface area contributed by atoms with Crippen LogP contribution in [-0.4, -0.2) is 18.7 Å². The van der Waals surface area contributed by atoms with Gasteiger partial charge in [0.2, 0.25) is 0 Å². The fraction of sp³-hybridized carbons (Fsp3) is 0.412. The molecule has 116 valence electrons. The first-order valence-electron chi connectivity index (χ1n) is 7.51. The van der Waals surface area contributed by atoms with Gasteiger partial charge in [-0.25, -0.2) is 9.59 Å². The maximum atomic E-state index is 11.9. The number of fused-ring (bicyclic) bond motifs is 1. The lowest BCUT2D eigenvalue weighted by atomic mass is 10.1. The third-order valence-corrected chi connectivity index (χ3v) is 3.87. The van der Waals surface area contributed by atoms with Gasteiger partial charge in [0.15, 0.2) is 6.10 Å². The number of rotatable bonds is 4. The van der Waals surface area contributed by atoms with E-state index in [0.29, 0.717) is 24.2 Å². The first-order valence-corrected chi connectivity index (χ1v) is 7.51. The fourth-order valence-corrected chi connectivity index (χ4v) is 2.62. The molecule has 0 amide bonds. The second-order valence-corrected chi connectivity index (χ2v) is 5.38. The largest absolute Gasteiger partial charge is 0.459 e. The Labute approximate surface area is 127 Å². The van der Waals surface area contributed by atoms with Crippen LogP contribution < -0.4 is 5.63 Å². The molecule has 1 fully saturated rings. The Kier molecular flexibility index (Phi) is 4.24. The first-order chi connectivity index (χ1) is 10.7. The van der Waals surface area contributed by atoms with Gasteiger partial charge < -0.3 is 13.9 Å². The molecule has 0 unspecified atom stereocenters. The van der Waals surface area contributed by atoms with Crippen molar-refractivity contribution < 1.29 is 18.7 Å². The van der Waals surface area contributed by atoms with Crippen LogP contribution in [0.4, 0.5) is 0 Å². The van der Waals surface area contributed by atoms with Crippen LogP contribution in [0.15, 0.2) is 33.5 Å². The van der Waals surface area contributed by atoms with Crippen LogP contribution in [0, 0.1) is 0 Å². The highest BCUT2D eigenvalue weighted by Gasteiger charge is 2.25. The van der Waals surface area contributed by atoms with E-state index < -0.39 is 11.7 Å². The van der Waals surface area contributed by atoms with Gasteiger partial charge in [-0.05, 0) is 30.9 Å². The lowest BCUT2D eigenvalue weighted by Gasteiger charge is -2.11. The van der Waals surface area contributed by atoms with Gasteiger partial charge in [0, 0.05) is 23.6 Å². The van der Waals surface area contributed by atoms with Crippen molar-refractivity contribution in [3.8, 4) is 0 Å². The molecule has 1 saturated heterocycles. The van der Waals surface area contributed by atoms with Gasteiger partial charge in [-0.2, -0.15) is 0 Å². The highest BCUT2D eigenvalue weighted by molar-refractivity contribution is 5.81. The molecule has 5 heteroatoms. The summed E-state index contributed by atoms with van der Waals surface area (Å²) in [6.45, 7) is 2.68. The molecule has 1 aromatic heterocycles. The van der Waals surface area contributed by atoms with Gasteiger partial charge in [-0.3, -0.25) is 0 Å². The van der Waals surface area contributed by atoms with E-state index in [9.17, 15) is 9.59 Å². The van der Waals surface area contributed by atoms with E-state index >= 15 is 0 Å². The third kappa shape index (κ3) is 3.04. The van der Waals surface area contributed by atoms with Crippen LogP contribution in [-0.2, 0) is 27.3 Å². The molecule has 0 bridgehead atoms. The molecule has 2 aromatic rings. The van der Waals surface area contributed by atoms with Crippen LogP contribution in [0.5, 0.6) is 0 Å². The second-order valence-electron chi connectivity index (χ2n) is 5.38. The summed E-state index contributed by atoms with van der Waals surface area (Å²) in [4.78, 5) is 23.6. The zero-order chi connectivity index (χ0) is 15.5. The van der Waals surface area contributed by atoms with Gasteiger partial charge in [0.05, 0.1) is 0 Å². The van der Waals surface area contributed by atoms with Crippen LogP contribution in [0.1, 0.15) is 30.9 Å². The van der Waals surface area contributed by atoms with E-state index in [4.69, 9.17) is 13.9 Å². The van der Waals surface area contributed by atoms with Crippen LogP contribution in [0.25, 0.3) is 11.0 Å². The number of hydrogen-bond donors (Lipinski definition) is 0. The van der Waals surface area contributed by atoms with Crippen LogP contribution in [0.3, 0.4) is 0 Å². The topological polar surface area (TPSA) is 65.7 Å². The predicted octanol–water partition coefficient (Wildman–Crippen LogP) is 2.58. The van der Waals surface area contributed by atoms with Gasteiger partial charge in [-0.1, -0.05) is 19.1 Å². The molecular formula is C17H18O5.